The van der Waals surface area contributed by atoms with Gasteiger partial charge in [-0.1, -0.05) is 42.5 Å². The second-order valence-electron chi connectivity index (χ2n) is 6.97. The molecule has 0 bridgehead atoms. The molecule has 1 heterocycles. The molecule has 3 aromatic rings. The normalized spacial score (nSPS) is 14.8. The van der Waals surface area contributed by atoms with E-state index < -0.39 is 0 Å². The number of benzene rings is 3. The Bertz CT molecular complexity index is 1110. The Morgan fingerprint density at radius 1 is 0.812 bits per heavy atom. The molecule has 1 saturated heterocycles. The molecule has 1 fully saturated rings. The van der Waals surface area contributed by atoms with E-state index in [9.17, 15) is 14.0 Å². The SMILES string of the molecule is O=C1S/C(=C\c2ccc(OCCOc3ccccc3)cc2)C(=O)N1Cc1ccc(F)cc1. The van der Waals surface area contributed by atoms with Crippen molar-refractivity contribution in [1.29, 1.82) is 0 Å². The number of rotatable bonds is 8. The van der Waals surface area contributed by atoms with Gasteiger partial charge in [-0.15, -0.1) is 0 Å². The average molecular weight is 450 g/mol. The number of carbonyl (C=O) groups is 2. The third-order valence-corrected chi connectivity index (χ3v) is 5.58. The van der Waals surface area contributed by atoms with Gasteiger partial charge in [0.15, 0.2) is 0 Å². The van der Waals surface area contributed by atoms with Crippen LogP contribution in [-0.4, -0.2) is 29.3 Å². The lowest BCUT2D eigenvalue weighted by atomic mass is 10.2. The quantitative estimate of drug-likeness (QED) is 0.335. The number of thioether (sulfide) groups is 1. The first-order chi connectivity index (χ1) is 15.6. The van der Waals surface area contributed by atoms with Crippen LogP contribution in [0.1, 0.15) is 11.1 Å². The van der Waals surface area contributed by atoms with E-state index in [4.69, 9.17) is 9.47 Å². The fourth-order valence-corrected chi connectivity index (χ4v) is 3.89. The lowest BCUT2D eigenvalue weighted by Gasteiger charge is -2.12. The van der Waals surface area contributed by atoms with Gasteiger partial charge in [0.1, 0.15) is 30.5 Å². The van der Waals surface area contributed by atoms with Gasteiger partial charge in [-0.05, 0) is 65.4 Å². The minimum atomic E-state index is -0.362. The van der Waals surface area contributed by atoms with Crippen molar-refractivity contribution in [2.24, 2.45) is 0 Å². The van der Waals surface area contributed by atoms with Gasteiger partial charge < -0.3 is 9.47 Å². The fourth-order valence-electron chi connectivity index (χ4n) is 3.06. The monoisotopic (exact) mass is 449 g/mol. The van der Waals surface area contributed by atoms with Gasteiger partial charge in [0.05, 0.1) is 11.4 Å². The number of imide groups is 1. The minimum absolute atomic E-state index is 0.111. The smallest absolute Gasteiger partial charge is 0.293 e. The summed E-state index contributed by atoms with van der Waals surface area (Å²) in [5, 5.41) is -0.344. The summed E-state index contributed by atoms with van der Waals surface area (Å²) in [5.41, 5.74) is 1.47. The first kappa shape index (κ1) is 21.6. The van der Waals surface area contributed by atoms with E-state index in [1.807, 2.05) is 42.5 Å². The summed E-state index contributed by atoms with van der Waals surface area (Å²) in [6.45, 7) is 0.934. The number of amides is 2. The Morgan fingerprint density at radius 2 is 1.44 bits per heavy atom. The van der Waals surface area contributed by atoms with Crippen LogP contribution in [0.5, 0.6) is 11.5 Å². The van der Waals surface area contributed by atoms with E-state index in [0.717, 1.165) is 28.0 Å². The molecule has 0 N–H and O–H groups in total. The molecule has 0 aromatic heterocycles. The molecule has 162 valence electrons. The molecule has 0 spiro atoms. The maximum Gasteiger partial charge on any atom is 0.293 e. The lowest BCUT2D eigenvalue weighted by molar-refractivity contribution is -0.123. The topological polar surface area (TPSA) is 55.8 Å². The summed E-state index contributed by atoms with van der Waals surface area (Å²) >= 11 is 0.895. The Morgan fingerprint density at radius 3 is 2.09 bits per heavy atom. The molecule has 0 atom stereocenters. The zero-order valence-corrected chi connectivity index (χ0v) is 17.9. The third-order valence-electron chi connectivity index (χ3n) is 4.67. The van der Waals surface area contributed by atoms with Crippen LogP contribution in [0.15, 0.2) is 83.8 Å². The summed E-state index contributed by atoms with van der Waals surface area (Å²) < 4.78 is 24.3. The molecule has 0 aliphatic carbocycles. The van der Waals surface area contributed by atoms with Crippen molar-refractivity contribution >= 4 is 29.0 Å². The molecular weight excluding hydrogens is 429 g/mol. The van der Waals surface area contributed by atoms with E-state index in [0.29, 0.717) is 29.4 Å². The number of carbonyl (C=O) groups excluding carboxylic acids is 2. The minimum Gasteiger partial charge on any atom is -0.490 e. The van der Waals surface area contributed by atoms with Crippen molar-refractivity contribution in [3.63, 3.8) is 0 Å². The largest absolute Gasteiger partial charge is 0.490 e. The van der Waals surface area contributed by atoms with Gasteiger partial charge in [0.25, 0.3) is 11.1 Å². The standard InChI is InChI=1S/C25H20FNO4S/c26-20-10-6-19(7-11-20)17-27-24(28)23(32-25(27)29)16-18-8-12-22(13-9-18)31-15-14-30-21-4-2-1-3-5-21/h1-13,16H,14-15,17H2/b23-16-. The van der Waals surface area contributed by atoms with Crippen LogP contribution in [0, 0.1) is 5.82 Å². The van der Waals surface area contributed by atoms with Gasteiger partial charge >= 0.3 is 0 Å². The van der Waals surface area contributed by atoms with Crippen molar-refractivity contribution in [3.8, 4) is 11.5 Å². The third kappa shape index (κ3) is 5.56. The molecule has 1 aliphatic heterocycles. The van der Waals surface area contributed by atoms with Crippen molar-refractivity contribution in [2.75, 3.05) is 13.2 Å². The maximum atomic E-state index is 13.1. The summed E-state index contributed by atoms with van der Waals surface area (Å²) in [7, 11) is 0. The number of nitrogens with zero attached hydrogens (tertiary/aromatic N) is 1. The molecule has 32 heavy (non-hydrogen) atoms. The highest BCUT2D eigenvalue weighted by atomic mass is 32.2. The highest BCUT2D eigenvalue weighted by molar-refractivity contribution is 8.18. The van der Waals surface area contributed by atoms with Crippen LogP contribution >= 0.6 is 11.8 Å². The van der Waals surface area contributed by atoms with Gasteiger partial charge in [-0.2, -0.15) is 0 Å². The molecule has 0 radical (unpaired) electrons. The van der Waals surface area contributed by atoms with E-state index in [1.54, 1.807) is 30.3 Å². The molecule has 1 aliphatic rings. The van der Waals surface area contributed by atoms with Gasteiger partial charge in [-0.25, -0.2) is 4.39 Å². The van der Waals surface area contributed by atoms with Crippen LogP contribution in [0.2, 0.25) is 0 Å². The van der Waals surface area contributed by atoms with Gasteiger partial charge in [-0.3, -0.25) is 14.5 Å². The first-order valence-electron chi connectivity index (χ1n) is 9.99. The molecule has 0 saturated carbocycles. The van der Waals surface area contributed by atoms with Crippen LogP contribution in [0.4, 0.5) is 9.18 Å². The zero-order valence-electron chi connectivity index (χ0n) is 17.1. The molecule has 7 heteroatoms. The zero-order chi connectivity index (χ0) is 22.3. The van der Waals surface area contributed by atoms with Crippen LogP contribution in [-0.2, 0) is 11.3 Å². The Kier molecular flexibility index (Phi) is 6.87. The van der Waals surface area contributed by atoms with Crippen LogP contribution < -0.4 is 9.47 Å². The summed E-state index contributed by atoms with van der Waals surface area (Å²) in [6, 6.07) is 22.5. The average Bonchev–Trinajstić information content (AvgIpc) is 3.07. The lowest BCUT2D eigenvalue weighted by Crippen LogP contribution is -2.27. The molecule has 3 aromatic carbocycles. The molecular formula is C25H20FNO4S. The predicted molar refractivity (Wildman–Crippen MR) is 122 cm³/mol. The number of hydrogen-bond donors (Lipinski definition) is 0. The highest BCUT2D eigenvalue weighted by Crippen LogP contribution is 2.33. The van der Waals surface area contributed by atoms with Crippen molar-refractivity contribution < 1.29 is 23.5 Å². The summed E-state index contributed by atoms with van der Waals surface area (Å²) in [5.74, 6) is 0.754. The number of halogens is 1. The highest BCUT2D eigenvalue weighted by Gasteiger charge is 2.34. The number of hydrogen-bond acceptors (Lipinski definition) is 5. The number of para-hydroxylation sites is 1. The Labute approximate surface area is 189 Å². The summed E-state index contributed by atoms with van der Waals surface area (Å²) in [4.78, 5) is 26.4. The van der Waals surface area contributed by atoms with Crippen molar-refractivity contribution in [2.45, 2.75) is 6.54 Å². The molecule has 0 unspecified atom stereocenters. The second-order valence-corrected chi connectivity index (χ2v) is 7.97. The molecule has 2 amide bonds. The Hall–Kier alpha value is -3.58. The molecule has 5 nitrogen and oxygen atoms in total. The van der Waals surface area contributed by atoms with Gasteiger partial charge in [0, 0.05) is 0 Å². The van der Waals surface area contributed by atoms with E-state index in [1.165, 1.54) is 12.1 Å². The van der Waals surface area contributed by atoms with Crippen LogP contribution in [0.3, 0.4) is 0 Å². The first-order valence-corrected chi connectivity index (χ1v) is 10.8. The van der Waals surface area contributed by atoms with Gasteiger partial charge in [0.2, 0.25) is 0 Å². The van der Waals surface area contributed by atoms with E-state index in [-0.39, 0.29) is 23.5 Å². The van der Waals surface area contributed by atoms with Crippen molar-refractivity contribution in [1.82, 2.24) is 4.90 Å². The van der Waals surface area contributed by atoms with Crippen molar-refractivity contribution in [3.05, 3.63) is 101 Å². The van der Waals surface area contributed by atoms with E-state index >= 15 is 0 Å². The Balaban J connectivity index is 1.31. The maximum absolute atomic E-state index is 13.1. The van der Waals surface area contributed by atoms with E-state index in [2.05, 4.69) is 0 Å². The predicted octanol–water partition coefficient (Wildman–Crippen LogP) is 5.52. The second kappa shape index (κ2) is 10.2. The van der Waals surface area contributed by atoms with Crippen LogP contribution in [0.25, 0.3) is 6.08 Å². The number of ether oxygens (including phenoxy) is 2. The fraction of sp³-hybridized carbons (Fsp3) is 0.120. The molecule has 4 rings (SSSR count). The summed E-state index contributed by atoms with van der Waals surface area (Å²) in [6.07, 6.45) is 1.68.